The van der Waals surface area contributed by atoms with Gasteiger partial charge in [-0.1, -0.05) is 108 Å². The normalized spacial score (nSPS) is 12.2. The number of fused-ring (bicyclic) bond motifs is 6. The van der Waals surface area contributed by atoms with Crippen LogP contribution in [0.25, 0.3) is 60.8 Å². The summed E-state index contributed by atoms with van der Waals surface area (Å²) in [6, 6.07) is 41.9. The average Bonchev–Trinajstić information content (AvgIpc) is 3.78. The van der Waals surface area contributed by atoms with Gasteiger partial charge in [0, 0.05) is 45.7 Å². The summed E-state index contributed by atoms with van der Waals surface area (Å²) in [5.74, 6) is 2.02. The molecule has 7 heteroatoms. The van der Waals surface area contributed by atoms with Crippen LogP contribution in [0.1, 0.15) is 75.2 Å². The second-order valence-corrected chi connectivity index (χ2v) is 17.4. The molecule has 0 amide bonds. The van der Waals surface area contributed by atoms with Crippen molar-refractivity contribution in [3.05, 3.63) is 149 Å². The van der Waals surface area contributed by atoms with Gasteiger partial charge in [-0.2, -0.15) is 16.7 Å². The Morgan fingerprint density at radius 2 is 1.28 bits per heavy atom. The third-order valence-electron chi connectivity index (χ3n) is 10.9. The predicted octanol–water partition coefficient (Wildman–Crippen LogP) is 12.7. The second kappa shape index (κ2) is 13.9. The zero-order valence-electron chi connectivity index (χ0n) is 34.3. The van der Waals surface area contributed by atoms with Crippen molar-refractivity contribution in [2.75, 3.05) is 0 Å². The zero-order chi connectivity index (χ0) is 39.3. The minimum absolute atomic E-state index is 0. The topological polar surface area (TPSA) is 49.8 Å². The van der Waals surface area contributed by atoms with E-state index in [1.54, 1.807) is 0 Å². The van der Waals surface area contributed by atoms with E-state index in [4.69, 9.17) is 9.72 Å². The van der Waals surface area contributed by atoms with Crippen molar-refractivity contribution >= 4 is 43.6 Å². The van der Waals surface area contributed by atoms with E-state index in [1.807, 2.05) is 29.9 Å². The number of ether oxygens (including phenoxy) is 1. The molecule has 0 N–H and O–H groups in total. The predicted molar refractivity (Wildman–Crippen MR) is 231 cm³/mol. The Morgan fingerprint density at radius 3 is 1.91 bits per heavy atom. The third-order valence-corrected chi connectivity index (χ3v) is 10.9. The summed E-state index contributed by atoms with van der Waals surface area (Å²) in [5, 5.41) is 9.43. The molecule has 4 aromatic heterocycles. The molecule has 0 unspecified atom stereocenters. The fraction of sp³-hybridized carbons (Fsp3) is 0.240. The molecule has 6 nitrogen and oxygen atoms in total. The third kappa shape index (κ3) is 6.58. The van der Waals surface area contributed by atoms with Gasteiger partial charge >= 0.3 is 21.1 Å². The molecule has 4 heterocycles. The molecule has 9 rings (SSSR count). The molecule has 0 bridgehead atoms. The largest absolute Gasteiger partial charge is 2.00 e. The van der Waals surface area contributed by atoms with Crippen molar-refractivity contribution < 1.29 is 25.8 Å². The molecular formula is C50H47N5OPt. The van der Waals surface area contributed by atoms with Crippen LogP contribution in [0.15, 0.2) is 103 Å². The van der Waals surface area contributed by atoms with E-state index in [9.17, 15) is 0 Å². The zero-order valence-corrected chi connectivity index (χ0v) is 36.5. The van der Waals surface area contributed by atoms with E-state index in [-0.39, 0.29) is 31.9 Å². The Morgan fingerprint density at radius 1 is 0.596 bits per heavy atom. The summed E-state index contributed by atoms with van der Waals surface area (Å²) in [7, 11) is 0. The van der Waals surface area contributed by atoms with Crippen molar-refractivity contribution in [2.24, 2.45) is 0 Å². The summed E-state index contributed by atoms with van der Waals surface area (Å²) in [6.45, 7) is 22.1. The number of para-hydroxylation sites is 2. The van der Waals surface area contributed by atoms with Crippen molar-refractivity contribution in [3.63, 3.8) is 0 Å². The number of hydrogen-bond donors (Lipinski definition) is 0. The van der Waals surface area contributed by atoms with Crippen molar-refractivity contribution in [2.45, 2.75) is 80.1 Å². The quantitative estimate of drug-likeness (QED) is 0.162. The molecule has 0 radical (unpaired) electrons. The molecule has 0 spiro atoms. The molecule has 9 aromatic rings. The number of pyridine rings is 1. The SMILES string of the molecule is Cc1cc(Oc2[c-]c3c(cc2)c2cc(C)ccc2n3-c2cc(-n3c4c(C(C)(C)C)cccc4c4cccc(C(C)(C)C)c43)ccn2)[c-]c(-n2nc(C)cc2C)c1.[Pt+2]. The second-order valence-electron chi connectivity index (χ2n) is 17.4. The minimum Gasteiger partial charge on any atom is -0.509 e. The summed E-state index contributed by atoms with van der Waals surface area (Å²) >= 11 is 0. The Bertz CT molecular complexity index is 2950. The summed E-state index contributed by atoms with van der Waals surface area (Å²) in [6.07, 6.45) is 1.94. The van der Waals surface area contributed by atoms with E-state index >= 15 is 0 Å². The van der Waals surface area contributed by atoms with Crippen LogP contribution in [0, 0.1) is 39.8 Å². The van der Waals surface area contributed by atoms with Gasteiger partial charge in [-0.3, -0.25) is 4.68 Å². The maximum atomic E-state index is 6.57. The van der Waals surface area contributed by atoms with Gasteiger partial charge in [0.2, 0.25) is 0 Å². The number of rotatable bonds is 5. The first-order valence-corrected chi connectivity index (χ1v) is 19.4. The summed E-state index contributed by atoms with van der Waals surface area (Å²) < 4.78 is 13.2. The van der Waals surface area contributed by atoms with E-state index < -0.39 is 0 Å². The van der Waals surface area contributed by atoms with Gasteiger partial charge in [0.1, 0.15) is 5.82 Å². The van der Waals surface area contributed by atoms with Crippen LogP contribution < -0.4 is 4.74 Å². The van der Waals surface area contributed by atoms with Gasteiger partial charge in [-0.25, -0.2) is 4.98 Å². The minimum atomic E-state index is -0.0783. The Labute approximate surface area is 349 Å². The smallest absolute Gasteiger partial charge is 0.509 e. The molecule has 288 valence electrons. The number of benzene rings is 5. The number of aryl methyl sites for hydroxylation is 4. The Balaban J connectivity index is 0.00000455. The maximum absolute atomic E-state index is 6.57. The van der Waals surface area contributed by atoms with Crippen LogP contribution in [-0.4, -0.2) is 23.9 Å². The van der Waals surface area contributed by atoms with Crippen LogP contribution in [0.5, 0.6) is 11.5 Å². The van der Waals surface area contributed by atoms with Gasteiger partial charge in [-0.15, -0.1) is 35.7 Å². The Kier molecular flexibility index (Phi) is 9.36. The molecule has 57 heavy (non-hydrogen) atoms. The average molecular weight is 929 g/mol. The first-order valence-electron chi connectivity index (χ1n) is 19.4. The number of hydrogen-bond acceptors (Lipinski definition) is 3. The van der Waals surface area contributed by atoms with Gasteiger partial charge in [0.15, 0.2) is 0 Å². The number of nitrogens with zero attached hydrogens (tertiary/aromatic N) is 5. The van der Waals surface area contributed by atoms with Crippen LogP contribution in [0.2, 0.25) is 0 Å². The molecule has 0 atom stereocenters. The molecule has 0 fully saturated rings. The van der Waals surface area contributed by atoms with Crippen molar-refractivity contribution in [3.8, 4) is 28.7 Å². The van der Waals surface area contributed by atoms with E-state index in [2.05, 4.69) is 174 Å². The van der Waals surface area contributed by atoms with Gasteiger partial charge in [0.05, 0.1) is 22.4 Å². The standard InChI is InChI=1S/C50H47N5O.Pt/c1-30-17-20-44-41(25-30)38-19-18-36(56-37-24-31(2)23-35(27-37)55-33(4)26-32(3)52-55)29-45(38)54(44)46-28-34(21-22-51-46)53-47-39(13-11-15-42(47)49(5,6)7)40-14-12-16-43(48(40)53)50(8,9)10;/h11-26,28H,1-10H3;/q-2;+2. The van der Waals surface area contributed by atoms with E-state index in [1.165, 1.54) is 38.5 Å². The van der Waals surface area contributed by atoms with Crippen molar-refractivity contribution in [1.82, 2.24) is 23.9 Å². The molecular weight excluding hydrogens is 882 g/mol. The first kappa shape index (κ1) is 38.4. The van der Waals surface area contributed by atoms with Crippen LogP contribution in [0.4, 0.5) is 0 Å². The van der Waals surface area contributed by atoms with Gasteiger partial charge in [0.25, 0.3) is 0 Å². The van der Waals surface area contributed by atoms with E-state index in [0.717, 1.165) is 55.9 Å². The molecule has 0 aliphatic carbocycles. The van der Waals surface area contributed by atoms with Gasteiger partial charge < -0.3 is 13.9 Å². The first-order chi connectivity index (χ1) is 26.7. The van der Waals surface area contributed by atoms with E-state index in [0.29, 0.717) is 11.5 Å². The fourth-order valence-electron chi connectivity index (χ4n) is 8.41. The van der Waals surface area contributed by atoms with Crippen LogP contribution in [-0.2, 0) is 31.9 Å². The van der Waals surface area contributed by atoms with Crippen molar-refractivity contribution in [1.29, 1.82) is 0 Å². The van der Waals surface area contributed by atoms with Crippen LogP contribution >= 0.6 is 0 Å². The summed E-state index contributed by atoms with van der Waals surface area (Å²) in [5.41, 5.74) is 13.0. The van der Waals surface area contributed by atoms with Gasteiger partial charge in [-0.05, 0) is 72.0 Å². The monoisotopic (exact) mass is 928 g/mol. The molecule has 0 saturated carbocycles. The fourth-order valence-corrected chi connectivity index (χ4v) is 8.41. The summed E-state index contributed by atoms with van der Waals surface area (Å²) in [4.78, 5) is 5.07. The molecule has 5 aromatic carbocycles. The molecule has 0 aliphatic heterocycles. The number of aromatic nitrogens is 5. The molecule has 0 aliphatic rings. The Hall–Kier alpha value is -5.45. The maximum Gasteiger partial charge on any atom is 2.00 e. The van der Waals surface area contributed by atoms with Crippen LogP contribution in [0.3, 0.4) is 0 Å². The molecule has 0 saturated heterocycles.